The zero-order valence-electron chi connectivity index (χ0n) is 17.3. The molecule has 1 aliphatic rings. The molecule has 1 heterocycles. The van der Waals surface area contributed by atoms with Crippen LogP contribution in [-0.2, 0) is 10.0 Å². The van der Waals surface area contributed by atoms with Crippen LogP contribution < -0.4 is 5.73 Å². The molecule has 1 amide bonds. The lowest BCUT2D eigenvalue weighted by Gasteiger charge is -2.32. The number of nitrogens with zero attached hydrogens (tertiary/aromatic N) is 3. The number of non-ortho nitro benzene ring substituents is 1. The summed E-state index contributed by atoms with van der Waals surface area (Å²) in [4.78, 5) is 23.1. The quantitative estimate of drug-likeness (QED) is 0.417. The number of sulfonamides is 1. The van der Waals surface area contributed by atoms with Gasteiger partial charge in [-0.2, -0.15) is 4.31 Å². The lowest BCUT2D eigenvalue weighted by Crippen LogP contribution is -2.46. The molecule has 2 atom stereocenters. The average Bonchev–Trinajstić information content (AvgIpc) is 3.10. The van der Waals surface area contributed by atoms with Crippen molar-refractivity contribution in [2.24, 2.45) is 17.6 Å². The fraction of sp³-hybridized carbons (Fsp3) is 0.632. The van der Waals surface area contributed by atoms with Crippen molar-refractivity contribution < 1.29 is 23.2 Å². The summed E-state index contributed by atoms with van der Waals surface area (Å²) in [6.45, 7) is 5.01. The van der Waals surface area contributed by atoms with Gasteiger partial charge < -0.3 is 15.7 Å². The van der Waals surface area contributed by atoms with E-state index in [1.807, 2.05) is 13.8 Å². The molecule has 10 nitrogen and oxygen atoms in total. The SMILES string of the molecule is CC(C)CCN(C1CN(C(=O)O)CC1CCCN)S(=O)(=O)c1ccc([N+](=O)[O-])cc1. The van der Waals surface area contributed by atoms with Crippen LogP contribution in [-0.4, -0.2) is 66.0 Å². The van der Waals surface area contributed by atoms with E-state index >= 15 is 0 Å². The predicted molar refractivity (Wildman–Crippen MR) is 112 cm³/mol. The van der Waals surface area contributed by atoms with Crippen molar-refractivity contribution in [1.29, 1.82) is 0 Å². The van der Waals surface area contributed by atoms with E-state index in [0.717, 1.165) is 12.1 Å². The zero-order chi connectivity index (χ0) is 22.5. The summed E-state index contributed by atoms with van der Waals surface area (Å²) >= 11 is 0. The number of carboxylic acid groups (broad SMARTS) is 1. The molecule has 0 saturated carbocycles. The molecular weight excluding hydrogens is 412 g/mol. The number of carbonyl (C=O) groups is 1. The van der Waals surface area contributed by atoms with Gasteiger partial charge in [0.1, 0.15) is 0 Å². The van der Waals surface area contributed by atoms with E-state index in [-0.39, 0.29) is 42.1 Å². The Balaban J connectivity index is 2.41. The Hall–Kier alpha value is -2.24. The summed E-state index contributed by atoms with van der Waals surface area (Å²) in [5.41, 5.74) is 5.43. The molecule has 1 saturated heterocycles. The summed E-state index contributed by atoms with van der Waals surface area (Å²) in [6, 6.07) is 4.28. The Labute approximate surface area is 176 Å². The number of likely N-dealkylation sites (tertiary alicyclic amines) is 1. The second-order valence-corrected chi connectivity index (χ2v) is 9.89. The fourth-order valence-corrected chi connectivity index (χ4v) is 5.42. The first-order chi connectivity index (χ1) is 14.1. The molecule has 0 spiro atoms. The summed E-state index contributed by atoms with van der Waals surface area (Å²) < 4.78 is 28.3. The topological polar surface area (TPSA) is 147 Å². The van der Waals surface area contributed by atoms with Crippen LogP contribution in [0.4, 0.5) is 10.5 Å². The van der Waals surface area contributed by atoms with E-state index in [2.05, 4.69) is 0 Å². The Kier molecular flexibility index (Phi) is 8.16. The lowest BCUT2D eigenvalue weighted by molar-refractivity contribution is -0.384. The number of amides is 1. The van der Waals surface area contributed by atoms with Crippen LogP contribution in [0.25, 0.3) is 0 Å². The Bertz CT molecular complexity index is 843. The van der Waals surface area contributed by atoms with Crippen molar-refractivity contribution in [3.05, 3.63) is 34.4 Å². The van der Waals surface area contributed by atoms with E-state index in [4.69, 9.17) is 5.73 Å². The molecule has 30 heavy (non-hydrogen) atoms. The van der Waals surface area contributed by atoms with Crippen LogP contribution >= 0.6 is 0 Å². The highest BCUT2D eigenvalue weighted by atomic mass is 32.2. The van der Waals surface area contributed by atoms with Gasteiger partial charge in [0.2, 0.25) is 10.0 Å². The van der Waals surface area contributed by atoms with Crippen molar-refractivity contribution in [3.8, 4) is 0 Å². The van der Waals surface area contributed by atoms with Gasteiger partial charge in [0, 0.05) is 37.8 Å². The van der Waals surface area contributed by atoms with Gasteiger partial charge in [0.05, 0.1) is 9.82 Å². The van der Waals surface area contributed by atoms with E-state index < -0.39 is 27.1 Å². The van der Waals surface area contributed by atoms with Crippen molar-refractivity contribution in [3.63, 3.8) is 0 Å². The van der Waals surface area contributed by atoms with E-state index in [1.165, 1.54) is 21.3 Å². The van der Waals surface area contributed by atoms with Crippen LogP contribution in [0, 0.1) is 22.0 Å². The number of nitro groups is 1. The molecule has 0 aromatic heterocycles. The molecule has 1 aromatic rings. The highest BCUT2D eigenvalue weighted by Gasteiger charge is 2.43. The smallest absolute Gasteiger partial charge is 0.407 e. The van der Waals surface area contributed by atoms with Crippen molar-refractivity contribution in [1.82, 2.24) is 9.21 Å². The van der Waals surface area contributed by atoms with Crippen LogP contribution in [0.2, 0.25) is 0 Å². The van der Waals surface area contributed by atoms with Crippen molar-refractivity contribution in [2.75, 3.05) is 26.2 Å². The molecule has 168 valence electrons. The Morgan fingerprint density at radius 2 is 1.97 bits per heavy atom. The molecule has 2 rings (SSSR count). The zero-order valence-corrected chi connectivity index (χ0v) is 18.1. The number of benzene rings is 1. The number of rotatable bonds is 10. The van der Waals surface area contributed by atoms with Gasteiger partial charge in [-0.1, -0.05) is 13.8 Å². The van der Waals surface area contributed by atoms with Crippen molar-refractivity contribution >= 4 is 21.8 Å². The second-order valence-electron chi connectivity index (χ2n) is 8.00. The Morgan fingerprint density at radius 1 is 1.33 bits per heavy atom. The maximum Gasteiger partial charge on any atom is 0.407 e. The van der Waals surface area contributed by atoms with Crippen LogP contribution in [0.5, 0.6) is 0 Å². The first-order valence-electron chi connectivity index (χ1n) is 10.0. The number of nitro benzene ring substituents is 1. The Morgan fingerprint density at radius 3 is 2.47 bits per heavy atom. The highest BCUT2D eigenvalue weighted by Crippen LogP contribution is 2.31. The molecule has 3 N–H and O–H groups in total. The third kappa shape index (κ3) is 5.67. The predicted octanol–water partition coefficient (Wildman–Crippen LogP) is 2.35. The van der Waals surface area contributed by atoms with Gasteiger partial charge in [-0.25, -0.2) is 13.2 Å². The lowest BCUT2D eigenvalue weighted by atomic mass is 9.97. The highest BCUT2D eigenvalue weighted by molar-refractivity contribution is 7.89. The maximum atomic E-state index is 13.5. The minimum Gasteiger partial charge on any atom is -0.465 e. The molecule has 1 aromatic carbocycles. The van der Waals surface area contributed by atoms with Gasteiger partial charge in [0.25, 0.3) is 5.69 Å². The first kappa shape index (κ1) is 24.0. The van der Waals surface area contributed by atoms with Gasteiger partial charge in [0.15, 0.2) is 0 Å². The molecule has 0 aliphatic carbocycles. The largest absolute Gasteiger partial charge is 0.465 e. The maximum absolute atomic E-state index is 13.5. The van der Waals surface area contributed by atoms with Crippen LogP contribution in [0.1, 0.15) is 33.1 Å². The first-order valence-corrected chi connectivity index (χ1v) is 11.5. The third-order valence-corrected chi connectivity index (χ3v) is 7.35. The molecule has 1 aliphatic heterocycles. The van der Waals surface area contributed by atoms with Crippen LogP contribution in [0.3, 0.4) is 0 Å². The summed E-state index contributed by atoms with van der Waals surface area (Å²) in [5.74, 6) is 0.0867. The molecular formula is C19H30N4O6S. The molecule has 0 radical (unpaired) electrons. The monoisotopic (exact) mass is 442 g/mol. The van der Waals surface area contributed by atoms with Gasteiger partial charge in [-0.3, -0.25) is 10.1 Å². The summed E-state index contributed by atoms with van der Waals surface area (Å²) in [7, 11) is -3.97. The minimum atomic E-state index is -3.97. The van der Waals surface area contributed by atoms with Gasteiger partial charge >= 0.3 is 6.09 Å². The summed E-state index contributed by atoms with van der Waals surface area (Å²) in [5, 5.41) is 20.3. The third-order valence-electron chi connectivity index (χ3n) is 5.41. The molecule has 1 fully saturated rings. The van der Waals surface area contributed by atoms with E-state index in [9.17, 15) is 28.4 Å². The minimum absolute atomic E-state index is 0.0387. The standard InChI is InChI=1S/C19H30N4O6S/c1-14(2)9-11-22(18-13-21(19(24)25)12-15(18)4-3-10-20)30(28,29)17-7-5-16(6-8-17)23(26)27/h5-8,14-15,18H,3-4,9-13,20H2,1-2H3,(H,24,25). The normalized spacial score (nSPS) is 19.6. The van der Waals surface area contributed by atoms with Crippen LogP contribution in [0.15, 0.2) is 29.2 Å². The van der Waals surface area contributed by atoms with Crippen molar-refractivity contribution in [2.45, 2.75) is 44.0 Å². The fourth-order valence-electron chi connectivity index (χ4n) is 3.73. The van der Waals surface area contributed by atoms with E-state index in [1.54, 1.807) is 0 Å². The summed E-state index contributed by atoms with van der Waals surface area (Å²) in [6.07, 6.45) is 0.828. The van der Waals surface area contributed by atoms with Gasteiger partial charge in [-0.15, -0.1) is 0 Å². The molecule has 11 heteroatoms. The van der Waals surface area contributed by atoms with E-state index in [0.29, 0.717) is 25.8 Å². The van der Waals surface area contributed by atoms with Gasteiger partial charge in [-0.05, 0) is 49.8 Å². The second kappa shape index (κ2) is 10.2. The number of hydrogen-bond acceptors (Lipinski definition) is 6. The molecule has 0 bridgehead atoms. The average molecular weight is 443 g/mol. The number of hydrogen-bond donors (Lipinski definition) is 2. The molecule has 2 unspecified atom stereocenters. The number of nitrogens with two attached hydrogens (primary N) is 1.